The minimum atomic E-state index is -0.170. The molecule has 0 amide bonds. The van der Waals surface area contributed by atoms with Crippen LogP contribution in [0.25, 0.3) is 0 Å². The molecular weight excluding hydrogens is 150 g/mol. The Hall–Kier alpha value is 1.34. The summed E-state index contributed by atoms with van der Waals surface area (Å²) in [6.45, 7) is 0. The summed E-state index contributed by atoms with van der Waals surface area (Å²) in [6, 6.07) is 0. The molecule has 0 saturated heterocycles. The van der Waals surface area contributed by atoms with E-state index < -0.39 is 0 Å². The second-order valence-electron chi connectivity index (χ2n) is 2.05. The topological polar surface area (TPSA) is 34.1 Å². The van der Waals surface area contributed by atoms with Crippen LogP contribution in [0.4, 0.5) is 0 Å². The standard InChI is InChI=1S/C6H8O2.2Na.2H/c7-5-3-1-2-4-6(5)8;;;;/h1-4H2;;;;/q;2*+1;2*-1. The average Bonchev–Trinajstić information content (AvgIpc) is 1.77. The number of hydrogen-bond donors (Lipinski definition) is 0. The molecule has 0 aromatic heterocycles. The minimum absolute atomic E-state index is 0. The second-order valence-corrected chi connectivity index (χ2v) is 2.05. The molecule has 0 spiro atoms. The van der Waals surface area contributed by atoms with Gasteiger partial charge in [-0.15, -0.1) is 0 Å². The Labute approximate surface area is 108 Å². The van der Waals surface area contributed by atoms with Crippen molar-refractivity contribution < 1.29 is 71.6 Å². The number of Topliss-reactive ketones (excluding diaryl/α,β-unsaturated/α-hetero) is 2. The minimum Gasteiger partial charge on any atom is -1.00 e. The molecule has 1 fully saturated rings. The summed E-state index contributed by atoms with van der Waals surface area (Å²) in [7, 11) is 0. The van der Waals surface area contributed by atoms with Crippen LogP contribution in [0.3, 0.4) is 0 Å². The normalized spacial score (nSPS) is 17.2. The van der Waals surface area contributed by atoms with Crippen LogP contribution in [0, 0.1) is 0 Å². The first-order chi connectivity index (χ1) is 3.80. The molecule has 0 N–H and O–H groups in total. The first-order valence-electron chi connectivity index (χ1n) is 2.87. The molecule has 0 unspecified atom stereocenters. The van der Waals surface area contributed by atoms with Crippen molar-refractivity contribution in [1.82, 2.24) is 0 Å². The Morgan fingerprint density at radius 2 is 1.20 bits per heavy atom. The molecule has 10 heavy (non-hydrogen) atoms. The molecule has 48 valence electrons. The van der Waals surface area contributed by atoms with Gasteiger partial charge in [0.25, 0.3) is 0 Å². The van der Waals surface area contributed by atoms with Crippen molar-refractivity contribution in [1.29, 1.82) is 0 Å². The van der Waals surface area contributed by atoms with E-state index in [1.165, 1.54) is 0 Å². The van der Waals surface area contributed by atoms with Gasteiger partial charge in [-0.3, -0.25) is 9.59 Å². The Bertz CT molecular complexity index is 126. The summed E-state index contributed by atoms with van der Waals surface area (Å²) in [4.78, 5) is 20.9. The molecule has 0 aromatic carbocycles. The van der Waals surface area contributed by atoms with Crippen LogP contribution in [0.15, 0.2) is 0 Å². The van der Waals surface area contributed by atoms with Crippen LogP contribution >= 0.6 is 0 Å². The van der Waals surface area contributed by atoms with Crippen LogP contribution < -0.4 is 59.1 Å². The molecule has 1 rings (SSSR count). The largest absolute Gasteiger partial charge is 1.00 e. The van der Waals surface area contributed by atoms with E-state index in [4.69, 9.17) is 0 Å². The van der Waals surface area contributed by atoms with E-state index in [2.05, 4.69) is 0 Å². The second kappa shape index (κ2) is 7.01. The summed E-state index contributed by atoms with van der Waals surface area (Å²) in [6.07, 6.45) is 2.78. The molecular formula is C6H10Na2O2. The number of ketones is 2. The molecule has 0 atom stereocenters. The zero-order chi connectivity index (χ0) is 5.98. The quantitative estimate of drug-likeness (QED) is 0.262. The Balaban J connectivity index is -0.0000000800. The molecule has 2 nitrogen and oxygen atoms in total. The molecule has 0 radical (unpaired) electrons. The molecule has 0 aliphatic heterocycles. The van der Waals surface area contributed by atoms with Gasteiger partial charge in [0.05, 0.1) is 0 Å². The van der Waals surface area contributed by atoms with E-state index in [0.29, 0.717) is 12.8 Å². The predicted octanol–water partition coefficient (Wildman–Crippen LogP) is -5.07. The molecule has 1 saturated carbocycles. The van der Waals surface area contributed by atoms with E-state index in [0.717, 1.165) is 12.8 Å². The van der Waals surface area contributed by atoms with Crippen LogP contribution in [0.1, 0.15) is 28.5 Å². The SMILES string of the molecule is O=C1CCCCC1=O.[H-].[H-].[Na+].[Na+]. The molecule has 0 aromatic rings. The van der Waals surface area contributed by atoms with E-state index in [1.54, 1.807) is 0 Å². The fourth-order valence-electron chi connectivity index (χ4n) is 0.850. The first-order valence-corrected chi connectivity index (χ1v) is 2.87. The van der Waals surface area contributed by atoms with Gasteiger partial charge in [0, 0.05) is 12.8 Å². The summed E-state index contributed by atoms with van der Waals surface area (Å²) in [5.74, 6) is -0.340. The summed E-state index contributed by atoms with van der Waals surface area (Å²) >= 11 is 0. The van der Waals surface area contributed by atoms with E-state index in [1.807, 2.05) is 0 Å². The van der Waals surface area contributed by atoms with Gasteiger partial charge < -0.3 is 2.85 Å². The number of rotatable bonds is 0. The average molecular weight is 160 g/mol. The Kier molecular flexibility index (Phi) is 9.75. The molecule has 1 aliphatic carbocycles. The molecule has 0 bridgehead atoms. The third-order valence-corrected chi connectivity index (χ3v) is 1.37. The van der Waals surface area contributed by atoms with Gasteiger partial charge in [-0.1, -0.05) is 0 Å². The third kappa shape index (κ3) is 4.27. The van der Waals surface area contributed by atoms with E-state index in [-0.39, 0.29) is 73.5 Å². The summed E-state index contributed by atoms with van der Waals surface area (Å²) in [5.41, 5.74) is 0. The predicted molar refractivity (Wildman–Crippen MR) is 30.7 cm³/mol. The monoisotopic (exact) mass is 160 g/mol. The molecule has 0 heterocycles. The van der Waals surface area contributed by atoms with Crippen LogP contribution in [-0.4, -0.2) is 11.6 Å². The summed E-state index contributed by atoms with van der Waals surface area (Å²) in [5, 5.41) is 0. The van der Waals surface area contributed by atoms with Crippen molar-refractivity contribution in [3.05, 3.63) is 0 Å². The van der Waals surface area contributed by atoms with Crippen molar-refractivity contribution in [2.45, 2.75) is 25.7 Å². The van der Waals surface area contributed by atoms with E-state index >= 15 is 0 Å². The van der Waals surface area contributed by atoms with Crippen molar-refractivity contribution in [2.75, 3.05) is 0 Å². The first kappa shape index (κ1) is 13.9. The van der Waals surface area contributed by atoms with Gasteiger partial charge in [-0.05, 0) is 12.8 Å². The number of hydrogen-bond acceptors (Lipinski definition) is 2. The molecule has 1 aliphatic rings. The number of carbonyl (C=O) groups excluding carboxylic acids is 2. The van der Waals surface area contributed by atoms with Gasteiger partial charge in [0.15, 0.2) is 11.6 Å². The van der Waals surface area contributed by atoms with Crippen molar-refractivity contribution >= 4 is 11.6 Å². The van der Waals surface area contributed by atoms with Crippen LogP contribution in [0.2, 0.25) is 0 Å². The fraction of sp³-hybridized carbons (Fsp3) is 0.667. The van der Waals surface area contributed by atoms with Gasteiger partial charge in [0.2, 0.25) is 0 Å². The van der Waals surface area contributed by atoms with Gasteiger partial charge in [-0.25, -0.2) is 0 Å². The van der Waals surface area contributed by atoms with Gasteiger partial charge in [0.1, 0.15) is 0 Å². The molecule has 4 heteroatoms. The maximum Gasteiger partial charge on any atom is 1.00 e. The number of carbonyl (C=O) groups is 2. The van der Waals surface area contributed by atoms with Crippen LogP contribution in [-0.2, 0) is 9.59 Å². The Morgan fingerprint density at radius 3 is 1.40 bits per heavy atom. The maximum atomic E-state index is 10.4. The smallest absolute Gasteiger partial charge is 1.00 e. The van der Waals surface area contributed by atoms with E-state index in [9.17, 15) is 9.59 Å². The fourth-order valence-corrected chi connectivity index (χ4v) is 0.850. The Morgan fingerprint density at radius 1 is 0.900 bits per heavy atom. The zero-order valence-corrected chi connectivity index (χ0v) is 10.6. The van der Waals surface area contributed by atoms with Gasteiger partial charge in [-0.2, -0.15) is 0 Å². The van der Waals surface area contributed by atoms with Crippen LogP contribution in [0.5, 0.6) is 0 Å². The zero-order valence-electron chi connectivity index (χ0n) is 8.64. The maximum absolute atomic E-state index is 10.4. The summed E-state index contributed by atoms with van der Waals surface area (Å²) < 4.78 is 0. The van der Waals surface area contributed by atoms with Gasteiger partial charge >= 0.3 is 59.1 Å². The van der Waals surface area contributed by atoms with Crippen molar-refractivity contribution in [3.8, 4) is 0 Å². The third-order valence-electron chi connectivity index (χ3n) is 1.37. The van der Waals surface area contributed by atoms with Crippen molar-refractivity contribution in [3.63, 3.8) is 0 Å². The van der Waals surface area contributed by atoms with Crippen molar-refractivity contribution in [2.24, 2.45) is 0 Å².